The zero-order valence-corrected chi connectivity index (χ0v) is 17.6. The van der Waals surface area contributed by atoms with Gasteiger partial charge < -0.3 is 4.90 Å². The molecule has 0 spiro atoms. The molecule has 0 bridgehead atoms. The van der Waals surface area contributed by atoms with Crippen molar-refractivity contribution in [3.8, 4) is 6.07 Å². The van der Waals surface area contributed by atoms with Crippen LogP contribution in [0.5, 0.6) is 0 Å². The summed E-state index contributed by atoms with van der Waals surface area (Å²) in [6.45, 7) is 3.82. The highest BCUT2D eigenvalue weighted by molar-refractivity contribution is 8.03. The molecule has 146 valence electrons. The van der Waals surface area contributed by atoms with Crippen molar-refractivity contribution in [2.24, 2.45) is 4.99 Å². The Morgan fingerprint density at radius 1 is 1.31 bits per heavy atom. The van der Waals surface area contributed by atoms with E-state index in [1.807, 2.05) is 67.7 Å². The fraction of sp³-hybridized carbons (Fsp3) is 0.174. The van der Waals surface area contributed by atoms with Gasteiger partial charge in [-0.1, -0.05) is 54.8 Å². The zero-order valence-electron chi connectivity index (χ0n) is 16.1. The predicted molar refractivity (Wildman–Crippen MR) is 122 cm³/mol. The van der Waals surface area contributed by atoms with E-state index in [1.54, 1.807) is 24.0 Å². The molecule has 1 aromatic heterocycles. The lowest BCUT2D eigenvalue weighted by Gasteiger charge is -2.26. The van der Waals surface area contributed by atoms with Crippen LogP contribution in [0.4, 0.5) is 0 Å². The van der Waals surface area contributed by atoms with Crippen molar-refractivity contribution >= 4 is 29.2 Å². The quantitative estimate of drug-likeness (QED) is 0.450. The number of benzene rings is 1. The van der Waals surface area contributed by atoms with Crippen LogP contribution >= 0.6 is 23.4 Å². The van der Waals surface area contributed by atoms with Gasteiger partial charge in [0.25, 0.3) is 0 Å². The first-order valence-electron chi connectivity index (χ1n) is 9.12. The van der Waals surface area contributed by atoms with Gasteiger partial charge in [-0.05, 0) is 35.9 Å². The molecule has 29 heavy (non-hydrogen) atoms. The van der Waals surface area contributed by atoms with Gasteiger partial charge in [0.2, 0.25) is 0 Å². The van der Waals surface area contributed by atoms with Gasteiger partial charge in [-0.25, -0.2) is 0 Å². The van der Waals surface area contributed by atoms with E-state index in [1.165, 1.54) is 0 Å². The number of nitriles is 1. The second kappa shape index (κ2) is 10.1. The Kier molecular flexibility index (Phi) is 7.29. The summed E-state index contributed by atoms with van der Waals surface area (Å²) in [4.78, 5) is 12.7. The Balaban J connectivity index is 1.99. The molecule has 0 radical (unpaired) electrons. The van der Waals surface area contributed by atoms with Crippen molar-refractivity contribution < 1.29 is 0 Å². The standard InChI is InChI=1S/C23H21ClN4S/c1-3-7-19(8-6-14-24)29-23-21(18-12-10-17(16-25)11-13-18)27-22(28(23)2)20-9-4-5-15-26-20/h3-13,15,21,23H,1,14H2,2H3/b8-6-,19-7+. The maximum Gasteiger partial charge on any atom is 0.151 e. The van der Waals surface area contributed by atoms with E-state index in [0.29, 0.717) is 11.4 Å². The minimum atomic E-state index is -0.104. The number of hydrogen-bond acceptors (Lipinski definition) is 5. The Morgan fingerprint density at radius 3 is 2.72 bits per heavy atom. The Labute approximate surface area is 180 Å². The Hall–Kier alpha value is -2.81. The van der Waals surface area contributed by atoms with Gasteiger partial charge in [0.15, 0.2) is 5.84 Å². The molecule has 1 aromatic carbocycles. The number of aromatic nitrogens is 1. The molecule has 2 aromatic rings. The molecule has 1 aliphatic rings. The van der Waals surface area contributed by atoms with Crippen LogP contribution < -0.4 is 0 Å². The van der Waals surface area contributed by atoms with Crippen LogP contribution in [0, 0.1) is 11.3 Å². The van der Waals surface area contributed by atoms with E-state index in [-0.39, 0.29) is 11.4 Å². The van der Waals surface area contributed by atoms with E-state index in [4.69, 9.17) is 21.9 Å². The highest BCUT2D eigenvalue weighted by Crippen LogP contribution is 2.41. The van der Waals surface area contributed by atoms with Gasteiger partial charge in [-0.2, -0.15) is 5.26 Å². The number of allylic oxidation sites excluding steroid dienone is 4. The Morgan fingerprint density at radius 2 is 2.10 bits per heavy atom. The molecule has 4 nitrogen and oxygen atoms in total. The summed E-state index contributed by atoms with van der Waals surface area (Å²) in [6.07, 6.45) is 9.43. The monoisotopic (exact) mass is 420 g/mol. The number of amidine groups is 1. The summed E-state index contributed by atoms with van der Waals surface area (Å²) in [5.74, 6) is 1.29. The summed E-state index contributed by atoms with van der Waals surface area (Å²) >= 11 is 7.53. The third-order valence-corrected chi connectivity index (χ3v) is 5.97. The molecule has 0 saturated heterocycles. The molecular formula is C23H21ClN4S. The van der Waals surface area contributed by atoms with Crippen LogP contribution in [0.1, 0.15) is 22.9 Å². The molecule has 0 amide bonds. The average molecular weight is 421 g/mol. The minimum Gasteiger partial charge on any atom is -0.343 e. The van der Waals surface area contributed by atoms with E-state index in [0.717, 1.165) is 22.0 Å². The molecule has 2 heterocycles. The largest absolute Gasteiger partial charge is 0.343 e. The van der Waals surface area contributed by atoms with E-state index in [9.17, 15) is 0 Å². The summed E-state index contributed by atoms with van der Waals surface area (Å²) < 4.78 is 0. The Bertz CT molecular complexity index is 974. The maximum atomic E-state index is 9.11. The first kappa shape index (κ1) is 20.9. The number of rotatable bonds is 7. The molecule has 3 rings (SSSR count). The lowest BCUT2D eigenvalue weighted by atomic mass is 10.1. The van der Waals surface area contributed by atoms with Gasteiger partial charge in [0.05, 0.1) is 11.6 Å². The van der Waals surface area contributed by atoms with Crippen LogP contribution in [0.2, 0.25) is 0 Å². The lowest BCUT2D eigenvalue weighted by Crippen LogP contribution is -2.32. The average Bonchev–Trinajstić information content (AvgIpc) is 3.09. The van der Waals surface area contributed by atoms with Gasteiger partial charge >= 0.3 is 0 Å². The van der Waals surface area contributed by atoms with Crippen LogP contribution in [0.25, 0.3) is 0 Å². The van der Waals surface area contributed by atoms with Gasteiger partial charge in [0.1, 0.15) is 17.1 Å². The number of halogens is 1. The smallest absolute Gasteiger partial charge is 0.151 e. The van der Waals surface area contributed by atoms with Gasteiger partial charge in [-0.15, -0.1) is 11.6 Å². The minimum absolute atomic E-state index is 0.0196. The number of pyridine rings is 1. The fourth-order valence-electron chi connectivity index (χ4n) is 3.05. The number of aliphatic imine (C=N–C) groups is 1. The molecular weight excluding hydrogens is 400 g/mol. The highest BCUT2D eigenvalue weighted by Gasteiger charge is 2.36. The van der Waals surface area contributed by atoms with Gasteiger partial charge in [0, 0.05) is 24.0 Å². The van der Waals surface area contributed by atoms with Gasteiger partial charge in [-0.3, -0.25) is 9.98 Å². The molecule has 0 aliphatic carbocycles. The second-order valence-corrected chi connectivity index (χ2v) is 7.83. The molecule has 0 fully saturated rings. The first-order chi connectivity index (χ1) is 14.2. The van der Waals surface area contributed by atoms with Crippen LogP contribution in [0.15, 0.2) is 89.4 Å². The second-order valence-electron chi connectivity index (χ2n) is 6.33. The van der Waals surface area contributed by atoms with Crippen molar-refractivity contribution in [2.75, 3.05) is 12.9 Å². The maximum absolute atomic E-state index is 9.11. The first-order valence-corrected chi connectivity index (χ1v) is 10.5. The molecule has 2 atom stereocenters. The van der Waals surface area contributed by atoms with Crippen molar-refractivity contribution in [2.45, 2.75) is 11.4 Å². The lowest BCUT2D eigenvalue weighted by molar-refractivity contribution is 0.467. The van der Waals surface area contributed by atoms with E-state index < -0.39 is 0 Å². The summed E-state index contributed by atoms with van der Waals surface area (Å²) in [5, 5.41) is 9.13. The highest BCUT2D eigenvalue weighted by atomic mass is 35.5. The molecule has 6 heteroatoms. The van der Waals surface area contributed by atoms with E-state index in [2.05, 4.69) is 22.5 Å². The summed E-state index contributed by atoms with van der Waals surface area (Å²) in [5.41, 5.74) is 2.52. The normalized spacial score (nSPS) is 19.3. The topological polar surface area (TPSA) is 52.3 Å². The fourth-order valence-corrected chi connectivity index (χ4v) is 4.37. The number of likely N-dealkylation sites (N-methyl/N-ethyl adjacent to an activating group) is 1. The predicted octanol–water partition coefficient (Wildman–Crippen LogP) is 5.31. The number of thioether (sulfide) groups is 1. The van der Waals surface area contributed by atoms with Crippen LogP contribution in [-0.2, 0) is 0 Å². The molecule has 1 aliphatic heterocycles. The third kappa shape index (κ3) is 4.97. The summed E-state index contributed by atoms with van der Waals surface area (Å²) in [7, 11) is 2.03. The third-order valence-electron chi connectivity index (χ3n) is 4.43. The van der Waals surface area contributed by atoms with Crippen molar-refractivity contribution in [3.05, 3.63) is 101 Å². The summed E-state index contributed by atoms with van der Waals surface area (Å²) in [6, 6.07) is 15.5. The van der Waals surface area contributed by atoms with E-state index >= 15 is 0 Å². The van der Waals surface area contributed by atoms with Crippen molar-refractivity contribution in [3.63, 3.8) is 0 Å². The van der Waals surface area contributed by atoms with Crippen LogP contribution in [-0.4, -0.2) is 34.0 Å². The molecule has 0 saturated carbocycles. The zero-order chi connectivity index (χ0) is 20.6. The number of alkyl halides is 1. The number of hydrogen-bond donors (Lipinski definition) is 0. The van der Waals surface area contributed by atoms with Crippen molar-refractivity contribution in [1.29, 1.82) is 5.26 Å². The molecule has 0 N–H and O–H groups in total. The SMILES string of the molecule is C=C/C=C(\C=C/CCl)SC1C(c2ccc(C#N)cc2)N=C(c2ccccn2)N1C. The van der Waals surface area contributed by atoms with Crippen molar-refractivity contribution in [1.82, 2.24) is 9.88 Å². The molecule has 2 unspecified atom stereocenters. The number of nitrogens with zero attached hydrogens (tertiary/aromatic N) is 4. The van der Waals surface area contributed by atoms with Crippen LogP contribution in [0.3, 0.4) is 0 Å².